The van der Waals surface area contributed by atoms with Crippen LogP contribution in [0.2, 0.25) is 0 Å². The lowest BCUT2D eigenvalue weighted by Gasteiger charge is -2.37. The van der Waals surface area contributed by atoms with Gasteiger partial charge in [0.2, 0.25) is 0 Å². The fourth-order valence-electron chi connectivity index (χ4n) is 5.04. The molecule has 0 bridgehead atoms. The fraction of sp³-hybridized carbons (Fsp3) is 0.565. The molecule has 0 aliphatic carbocycles. The van der Waals surface area contributed by atoms with Gasteiger partial charge in [0.15, 0.2) is 5.82 Å². The van der Waals surface area contributed by atoms with E-state index in [0.717, 1.165) is 56.9 Å². The highest BCUT2D eigenvalue weighted by Crippen LogP contribution is 2.41. The number of amides is 1. The van der Waals surface area contributed by atoms with Gasteiger partial charge in [-0.25, -0.2) is 4.79 Å². The smallest absolute Gasteiger partial charge is 0.409 e. The molecule has 1 aromatic heterocycles. The number of aryl methyl sites for hydroxylation is 1. The average Bonchev–Trinajstić information content (AvgIpc) is 3.18. The molecule has 1 fully saturated rings. The Balaban J connectivity index is 1.59. The number of hydrogen-bond acceptors (Lipinski definition) is 6. The Labute approximate surface area is 183 Å². The molecule has 0 radical (unpaired) electrons. The number of ether oxygens (including phenoxy) is 2. The zero-order valence-electron chi connectivity index (χ0n) is 18.6. The minimum atomic E-state index is -0.273. The lowest BCUT2D eigenvalue weighted by atomic mass is 10.0. The second-order valence-electron chi connectivity index (χ2n) is 8.74. The van der Waals surface area contributed by atoms with Crippen LogP contribution < -0.4 is 9.80 Å². The van der Waals surface area contributed by atoms with Gasteiger partial charge in [-0.2, -0.15) is 5.10 Å². The Morgan fingerprint density at radius 3 is 2.74 bits per heavy atom. The average molecular weight is 426 g/mol. The molecular weight excluding hydrogens is 394 g/mol. The Hall–Kier alpha value is -2.74. The third kappa shape index (κ3) is 3.52. The fourth-order valence-corrected chi connectivity index (χ4v) is 5.04. The molecule has 8 nitrogen and oxygen atoms in total. The molecule has 31 heavy (non-hydrogen) atoms. The number of fused-ring (bicyclic) bond motifs is 2. The molecular formula is C23H31N5O3. The van der Waals surface area contributed by atoms with E-state index in [1.807, 2.05) is 0 Å². The predicted molar refractivity (Wildman–Crippen MR) is 119 cm³/mol. The number of nitrogens with zero attached hydrogens (tertiary/aromatic N) is 5. The maximum Gasteiger partial charge on any atom is 0.409 e. The van der Waals surface area contributed by atoms with E-state index in [1.54, 1.807) is 4.90 Å². The van der Waals surface area contributed by atoms with Crippen molar-refractivity contribution < 1.29 is 14.3 Å². The molecule has 3 aliphatic heterocycles. The topological polar surface area (TPSA) is 63.1 Å². The first-order valence-electron chi connectivity index (χ1n) is 11.2. The summed E-state index contributed by atoms with van der Waals surface area (Å²) in [4.78, 5) is 18.7. The van der Waals surface area contributed by atoms with Crippen LogP contribution in [0.1, 0.15) is 35.7 Å². The van der Waals surface area contributed by atoms with E-state index in [2.05, 4.69) is 46.7 Å². The molecule has 166 valence electrons. The first kappa shape index (κ1) is 20.2. The van der Waals surface area contributed by atoms with Crippen LogP contribution in [0.3, 0.4) is 0 Å². The maximum atomic E-state index is 12.3. The van der Waals surface area contributed by atoms with Gasteiger partial charge in [-0.05, 0) is 37.5 Å². The van der Waals surface area contributed by atoms with Crippen LogP contribution in [-0.4, -0.2) is 67.8 Å². The predicted octanol–water partition coefficient (Wildman–Crippen LogP) is 3.26. The molecule has 0 N–H and O–H groups in total. The van der Waals surface area contributed by atoms with Crippen LogP contribution >= 0.6 is 0 Å². The first-order chi connectivity index (χ1) is 15.1. The van der Waals surface area contributed by atoms with E-state index < -0.39 is 0 Å². The highest BCUT2D eigenvalue weighted by Gasteiger charge is 2.34. The zero-order valence-corrected chi connectivity index (χ0v) is 18.6. The number of carbonyl (C=O) groups excluding carboxylic acids is 1. The molecule has 0 unspecified atom stereocenters. The molecule has 1 aromatic carbocycles. The van der Waals surface area contributed by atoms with E-state index in [9.17, 15) is 4.79 Å². The summed E-state index contributed by atoms with van der Waals surface area (Å²) in [6.45, 7) is 6.67. The Morgan fingerprint density at radius 2 is 1.97 bits per heavy atom. The highest BCUT2D eigenvalue weighted by molar-refractivity contribution is 5.80. The number of rotatable bonds is 2. The normalized spacial score (nSPS) is 19.3. The second-order valence-corrected chi connectivity index (χ2v) is 8.74. The van der Waals surface area contributed by atoms with E-state index in [1.165, 1.54) is 29.7 Å². The van der Waals surface area contributed by atoms with E-state index in [-0.39, 0.29) is 6.09 Å². The molecule has 4 heterocycles. The van der Waals surface area contributed by atoms with Gasteiger partial charge in [0.1, 0.15) is 0 Å². The molecule has 8 heteroatoms. The van der Waals surface area contributed by atoms with Gasteiger partial charge in [-0.15, -0.1) is 0 Å². The quantitative estimate of drug-likeness (QED) is 0.736. The van der Waals surface area contributed by atoms with Crippen LogP contribution in [0.25, 0.3) is 0 Å². The Morgan fingerprint density at radius 1 is 1.16 bits per heavy atom. The van der Waals surface area contributed by atoms with Gasteiger partial charge < -0.3 is 24.2 Å². The lowest BCUT2D eigenvalue weighted by Crippen LogP contribution is -2.39. The maximum absolute atomic E-state index is 12.3. The Kier molecular flexibility index (Phi) is 5.25. The van der Waals surface area contributed by atoms with Crippen molar-refractivity contribution in [1.29, 1.82) is 0 Å². The molecule has 2 aromatic rings. The van der Waals surface area contributed by atoms with Crippen molar-refractivity contribution in [1.82, 2.24) is 14.7 Å². The number of carbonyl (C=O) groups is 1. The molecule has 0 spiro atoms. The van der Waals surface area contributed by atoms with Crippen molar-refractivity contribution in [2.45, 2.75) is 38.8 Å². The van der Waals surface area contributed by atoms with Crippen molar-refractivity contribution in [2.24, 2.45) is 0 Å². The minimum absolute atomic E-state index is 0.273. The number of methoxy groups -OCH3 is 1. The van der Waals surface area contributed by atoms with Crippen molar-refractivity contribution in [3.63, 3.8) is 0 Å². The number of benzene rings is 1. The molecule has 0 atom stereocenters. The van der Waals surface area contributed by atoms with Crippen LogP contribution in [0.4, 0.5) is 22.0 Å². The number of anilines is 3. The molecule has 1 saturated heterocycles. The van der Waals surface area contributed by atoms with Crippen LogP contribution in [0.15, 0.2) is 18.2 Å². The van der Waals surface area contributed by atoms with E-state index in [0.29, 0.717) is 19.1 Å². The minimum Gasteiger partial charge on any atom is -0.453 e. The van der Waals surface area contributed by atoms with Crippen molar-refractivity contribution >= 4 is 23.3 Å². The van der Waals surface area contributed by atoms with Gasteiger partial charge in [-0.1, -0.05) is 6.07 Å². The zero-order chi connectivity index (χ0) is 21.5. The summed E-state index contributed by atoms with van der Waals surface area (Å²) < 4.78 is 12.9. The Bertz CT molecular complexity index is 982. The van der Waals surface area contributed by atoms with E-state index in [4.69, 9.17) is 14.6 Å². The van der Waals surface area contributed by atoms with Gasteiger partial charge in [0.25, 0.3) is 0 Å². The standard InChI is InChI=1S/C23H31N5O3/c1-16-4-5-20-21(14-16)25(2)10-11-27(20)22-18-15-26(23(29)30-3)9-6-19(18)28(24-22)17-7-12-31-13-8-17/h4-5,14,17H,6-13,15H2,1-3H3. The second kappa shape index (κ2) is 8.07. The summed E-state index contributed by atoms with van der Waals surface area (Å²) >= 11 is 0. The van der Waals surface area contributed by atoms with Crippen molar-refractivity contribution in [2.75, 3.05) is 56.8 Å². The third-order valence-corrected chi connectivity index (χ3v) is 6.78. The first-order valence-corrected chi connectivity index (χ1v) is 11.2. The molecule has 0 saturated carbocycles. The largest absolute Gasteiger partial charge is 0.453 e. The van der Waals surface area contributed by atoms with Crippen LogP contribution in [0.5, 0.6) is 0 Å². The molecule has 5 rings (SSSR count). The van der Waals surface area contributed by atoms with Gasteiger partial charge in [0, 0.05) is 57.6 Å². The van der Waals surface area contributed by atoms with Crippen LogP contribution in [-0.2, 0) is 22.4 Å². The number of hydrogen-bond donors (Lipinski definition) is 0. The van der Waals surface area contributed by atoms with Gasteiger partial charge in [-0.3, -0.25) is 4.68 Å². The molecule has 3 aliphatic rings. The van der Waals surface area contributed by atoms with Crippen molar-refractivity contribution in [3.05, 3.63) is 35.0 Å². The van der Waals surface area contributed by atoms with E-state index >= 15 is 0 Å². The van der Waals surface area contributed by atoms with Gasteiger partial charge >= 0.3 is 6.09 Å². The lowest BCUT2D eigenvalue weighted by molar-refractivity contribution is 0.0649. The highest BCUT2D eigenvalue weighted by atomic mass is 16.5. The summed E-state index contributed by atoms with van der Waals surface area (Å²) in [7, 11) is 3.59. The molecule has 1 amide bonds. The van der Waals surface area contributed by atoms with Gasteiger partial charge in [0.05, 0.1) is 31.1 Å². The summed E-state index contributed by atoms with van der Waals surface area (Å²) in [5.74, 6) is 0.980. The summed E-state index contributed by atoms with van der Waals surface area (Å²) in [6, 6.07) is 6.95. The monoisotopic (exact) mass is 425 g/mol. The summed E-state index contributed by atoms with van der Waals surface area (Å²) in [5, 5.41) is 5.19. The third-order valence-electron chi connectivity index (χ3n) is 6.78. The SMILES string of the molecule is COC(=O)N1CCc2c(c(N3CCN(C)c4cc(C)ccc43)nn2C2CCOCC2)C1. The number of likely N-dealkylation sites (N-methyl/N-ethyl adjacent to an activating group) is 1. The van der Waals surface area contributed by atoms with Crippen molar-refractivity contribution in [3.8, 4) is 0 Å². The summed E-state index contributed by atoms with van der Waals surface area (Å²) in [5.41, 5.74) is 6.06. The van der Waals surface area contributed by atoms with Crippen LogP contribution in [0, 0.1) is 6.92 Å². The number of aromatic nitrogens is 2. The summed E-state index contributed by atoms with van der Waals surface area (Å²) in [6.07, 6.45) is 2.48.